The number of benzene rings is 2. The van der Waals surface area contributed by atoms with Crippen molar-refractivity contribution in [2.45, 2.75) is 25.7 Å². The van der Waals surface area contributed by atoms with Crippen molar-refractivity contribution in [3.05, 3.63) is 65.7 Å². The maximum Gasteiger partial charge on any atom is 0.235 e. The van der Waals surface area contributed by atoms with Gasteiger partial charge in [-0.15, -0.1) is 0 Å². The molecule has 1 aliphatic carbocycles. The average Bonchev–Trinajstić information content (AvgIpc) is 3.18. The fourth-order valence-electron chi connectivity index (χ4n) is 4.33. The normalized spacial score (nSPS) is 22.1. The number of nitrogens with one attached hydrogen (secondary N) is 2. The number of rotatable bonds is 5. The SMILES string of the molecule is C=C1C[C@H](C(=O)Nc2ccc(Cl)cc2)[C@@H](C(=O)Nc2ccc(N3CCCCS3(=O)=O)cc2)C1. The Bertz CT molecular complexity index is 1160. The first kappa shape index (κ1) is 23.3. The van der Waals surface area contributed by atoms with Gasteiger partial charge < -0.3 is 10.6 Å². The first-order chi connectivity index (χ1) is 15.7. The zero-order chi connectivity index (χ0) is 23.6. The second-order valence-corrected chi connectivity index (χ2v) is 10.9. The van der Waals surface area contributed by atoms with Crippen molar-refractivity contribution in [2.24, 2.45) is 11.8 Å². The Hall–Kier alpha value is -2.84. The summed E-state index contributed by atoms with van der Waals surface area (Å²) in [4.78, 5) is 25.9. The molecule has 33 heavy (non-hydrogen) atoms. The van der Waals surface area contributed by atoms with E-state index in [0.717, 1.165) is 12.0 Å². The van der Waals surface area contributed by atoms with E-state index in [0.29, 0.717) is 47.9 Å². The fourth-order valence-corrected chi connectivity index (χ4v) is 6.10. The molecule has 1 saturated heterocycles. The molecule has 2 aliphatic rings. The van der Waals surface area contributed by atoms with Crippen molar-refractivity contribution in [2.75, 3.05) is 27.2 Å². The monoisotopic (exact) mass is 487 g/mol. The number of hydrogen-bond donors (Lipinski definition) is 2. The summed E-state index contributed by atoms with van der Waals surface area (Å²) in [6.07, 6.45) is 2.38. The Labute approximate surface area is 198 Å². The molecule has 0 aromatic heterocycles. The smallest absolute Gasteiger partial charge is 0.235 e. The molecule has 0 unspecified atom stereocenters. The number of nitrogens with zero attached hydrogens (tertiary/aromatic N) is 1. The van der Waals surface area contributed by atoms with Crippen LogP contribution in [0.3, 0.4) is 0 Å². The Kier molecular flexibility index (Phi) is 6.76. The number of carbonyl (C=O) groups excluding carboxylic acids is 2. The highest BCUT2D eigenvalue weighted by molar-refractivity contribution is 7.92. The minimum Gasteiger partial charge on any atom is -0.326 e. The molecule has 9 heteroatoms. The van der Waals surface area contributed by atoms with E-state index in [-0.39, 0.29) is 17.6 Å². The quantitative estimate of drug-likeness (QED) is 0.610. The number of allylic oxidation sites excluding steroid dienone is 1. The molecule has 1 heterocycles. The van der Waals surface area contributed by atoms with E-state index in [1.165, 1.54) is 4.31 Å². The summed E-state index contributed by atoms with van der Waals surface area (Å²) in [7, 11) is -3.29. The van der Waals surface area contributed by atoms with Gasteiger partial charge in [0, 0.05) is 22.9 Å². The number of hydrogen-bond acceptors (Lipinski definition) is 4. The zero-order valence-electron chi connectivity index (χ0n) is 18.1. The highest BCUT2D eigenvalue weighted by Gasteiger charge is 2.39. The maximum absolute atomic E-state index is 13.0. The van der Waals surface area contributed by atoms with Crippen molar-refractivity contribution in [1.82, 2.24) is 0 Å². The van der Waals surface area contributed by atoms with Crippen molar-refractivity contribution in [3.63, 3.8) is 0 Å². The van der Waals surface area contributed by atoms with Crippen molar-refractivity contribution < 1.29 is 18.0 Å². The van der Waals surface area contributed by atoms with Crippen LogP contribution in [-0.4, -0.2) is 32.5 Å². The molecule has 2 amide bonds. The van der Waals surface area contributed by atoms with Crippen LogP contribution >= 0.6 is 11.6 Å². The standard InChI is InChI=1S/C24H26ClN3O4S/c1-16-14-21(23(29)26-18-6-4-17(25)5-7-18)22(15-16)24(30)27-19-8-10-20(11-9-19)28-12-2-3-13-33(28,31)32/h4-11,21-22H,1-3,12-15H2,(H,26,29)(H,27,30)/t21-,22-/m0/s1. The molecule has 2 fully saturated rings. The van der Waals surface area contributed by atoms with E-state index >= 15 is 0 Å². The molecule has 2 atom stereocenters. The summed E-state index contributed by atoms with van der Waals surface area (Å²) in [6, 6.07) is 13.6. The van der Waals surface area contributed by atoms with Gasteiger partial charge in [0.1, 0.15) is 0 Å². The van der Waals surface area contributed by atoms with Crippen LogP contribution in [0.15, 0.2) is 60.7 Å². The predicted molar refractivity (Wildman–Crippen MR) is 131 cm³/mol. The van der Waals surface area contributed by atoms with Gasteiger partial charge in [0.2, 0.25) is 21.8 Å². The minimum atomic E-state index is -3.29. The lowest BCUT2D eigenvalue weighted by molar-refractivity contribution is -0.128. The Morgan fingerprint density at radius 3 is 1.91 bits per heavy atom. The van der Waals surface area contributed by atoms with Gasteiger partial charge in [0.15, 0.2) is 0 Å². The van der Waals surface area contributed by atoms with Crippen LogP contribution in [0, 0.1) is 11.8 Å². The van der Waals surface area contributed by atoms with E-state index in [1.54, 1.807) is 48.5 Å². The minimum absolute atomic E-state index is 0.149. The van der Waals surface area contributed by atoms with E-state index in [1.807, 2.05) is 0 Å². The third kappa shape index (κ3) is 5.39. The van der Waals surface area contributed by atoms with Gasteiger partial charge in [-0.05, 0) is 74.2 Å². The van der Waals surface area contributed by atoms with Crippen LogP contribution in [0.5, 0.6) is 0 Å². The molecule has 7 nitrogen and oxygen atoms in total. The summed E-state index contributed by atoms with van der Waals surface area (Å²) in [5.41, 5.74) is 2.61. The number of anilines is 3. The molecule has 0 radical (unpaired) electrons. The molecule has 2 N–H and O–H groups in total. The Balaban J connectivity index is 1.42. The largest absolute Gasteiger partial charge is 0.326 e. The van der Waals surface area contributed by atoms with E-state index < -0.39 is 21.9 Å². The molecule has 2 aromatic rings. The molecule has 0 spiro atoms. The van der Waals surface area contributed by atoms with Gasteiger partial charge in [0.25, 0.3) is 0 Å². The number of sulfonamides is 1. The third-order valence-corrected chi connectivity index (χ3v) is 8.18. The lowest BCUT2D eigenvalue weighted by Crippen LogP contribution is -2.37. The molecular formula is C24H26ClN3O4S. The lowest BCUT2D eigenvalue weighted by atomic mass is 9.94. The highest BCUT2D eigenvalue weighted by atomic mass is 35.5. The summed E-state index contributed by atoms with van der Waals surface area (Å²) in [6.45, 7) is 4.44. The van der Waals surface area contributed by atoms with Crippen LogP contribution in [-0.2, 0) is 19.6 Å². The van der Waals surface area contributed by atoms with Gasteiger partial charge in [-0.2, -0.15) is 0 Å². The van der Waals surface area contributed by atoms with Crippen molar-refractivity contribution >= 4 is 50.5 Å². The topological polar surface area (TPSA) is 95.6 Å². The predicted octanol–water partition coefficient (Wildman–Crippen LogP) is 4.43. The fraction of sp³-hybridized carbons (Fsp3) is 0.333. The number of halogens is 1. The summed E-state index contributed by atoms with van der Waals surface area (Å²) < 4.78 is 26.0. The molecule has 2 aromatic carbocycles. The number of carbonyl (C=O) groups is 2. The van der Waals surface area contributed by atoms with Gasteiger partial charge in [0.05, 0.1) is 23.3 Å². The number of amides is 2. The Morgan fingerprint density at radius 2 is 1.39 bits per heavy atom. The third-order valence-electron chi connectivity index (χ3n) is 6.06. The second kappa shape index (κ2) is 9.57. The summed E-state index contributed by atoms with van der Waals surface area (Å²) >= 11 is 5.89. The van der Waals surface area contributed by atoms with Crippen LogP contribution in [0.4, 0.5) is 17.1 Å². The van der Waals surface area contributed by atoms with Crippen LogP contribution in [0.25, 0.3) is 0 Å². The molecule has 0 bridgehead atoms. The van der Waals surface area contributed by atoms with Gasteiger partial charge in [-0.1, -0.05) is 23.8 Å². The van der Waals surface area contributed by atoms with E-state index in [9.17, 15) is 18.0 Å². The first-order valence-corrected chi connectivity index (χ1v) is 12.9. The summed E-state index contributed by atoms with van der Waals surface area (Å²) in [5.74, 6) is -1.40. The molecule has 174 valence electrons. The van der Waals surface area contributed by atoms with Crippen LogP contribution in [0.2, 0.25) is 5.02 Å². The molecule has 1 saturated carbocycles. The van der Waals surface area contributed by atoms with Crippen molar-refractivity contribution in [3.8, 4) is 0 Å². The van der Waals surface area contributed by atoms with E-state index in [4.69, 9.17) is 11.6 Å². The van der Waals surface area contributed by atoms with Crippen LogP contribution < -0.4 is 14.9 Å². The van der Waals surface area contributed by atoms with Gasteiger partial charge in [-0.25, -0.2) is 8.42 Å². The van der Waals surface area contributed by atoms with E-state index in [2.05, 4.69) is 17.2 Å². The molecule has 4 rings (SSSR count). The Morgan fingerprint density at radius 1 is 0.879 bits per heavy atom. The van der Waals surface area contributed by atoms with Crippen LogP contribution in [0.1, 0.15) is 25.7 Å². The first-order valence-electron chi connectivity index (χ1n) is 10.9. The zero-order valence-corrected chi connectivity index (χ0v) is 19.7. The van der Waals surface area contributed by atoms with Gasteiger partial charge >= 0.3 is 0 Å². The molecule has 1 aliphatic heterocycles. The van der Waals surface area contributed by atoms with Gasteiger partial charge in [-0.3, -0.25) is 13.9 Å². The average molecular weight is 488 g/mol. The highest BCUT2D eigenvalue weighted by Crippen LogP contribution is 2.37. The maximum atomic E-state index is 13.0. The second-order valence-electron chi connectivity index (χ2n) is 8.50. The van der Waals surface area contributed by atoms with Crippen molar-refractivity contribution in [1.29, 1.82) is 0 Å². The lowest BCUT2D eigenvalue weighted by Gasteiger charge is -2.28. The molecular weight excluding hydrogens is 462 g/mol. The summed E-state index contributed by atoms with van der Waals surface area (Å²) in [5, 5.41) is 6.29.